The Balaban J connectivity index is 2.54. The Morgan fingerprint density at radius 1 is 2.00 bits per heavy atom. The van der Waals surface area contributed by atoms with E-state index in [0.717, 1.165) is 0 Å². The van der Waals surface area contributed by atoms with Crippen LogP contribution in [0.25, 0.3) is 0 Å². The van der Waals surface area contributed by atoms with Crippen LogP contribution in [-0.2, 0) is 0 Å². The lowest BCUT2D eigenvalue weighted by molar-refractivity contribution is 0.484. The molecule has 2 radical (unpaired) electrons. The number of rotatable bonds is 1. The van der Waals surface area contributed by atoms with Crippen LogP contribution in [0.4, 0.5) is 4.39 Å². The third-order valence-corrected chi connectivity index (χ3v) is 0.989. The average molecular weight is 184 g/mol. The van der Waals surface area contributed by atoms with E-state index in [-0.39, 0.29) is 0 Å². The predicted octanol–water partition coefficient (Wildman–Crippen LogP) is 0.885. The van der Waals surface area contributed by atoms with Crippen molar-refractivity contribution in [2.75, 3.05) is 4.43 Å². The number of alkyl halides is 2. The Labute approximate surface area is 45.7 Å². The van der Waals surface area contributed by atoms with Gasteiger partial charge in [-0.25, -0.2) is 0 Å². The maximum absolute atomic E-state index is 11.2. The van der Waals surface area contributed by atoms with E-state index in [1.54, 1.807) is 0 Å². The predicted molar refractivity (Wildman–Crippen MR) is 29.5 cm³/mol. The van der Waals surface area contributed by atoms with Crippen molar-refractivity contribution >= 4 is 30.4 Å². The molecule has 0 fully saturated rings. The van der Waals surface area contributed by atoms with Gasteiger partial charge in [0.1, 0.15) is 7.85 Å². The van der Waals surface area contributed by atoms with E-state index in [0.29, 0.717) is 4.43 Å². The van der Waals surface area contributed by atoms with Crippen molar-refractivity contribution in [1.29, 1.82) is 0 Å². The van der Waals surface area contributed by atoms with E-state index in [4.69, 9.17) is 0 Å². The van der Waals surface area contributed by atoms with E-state index < -0.39 is 6.07 Å². The van der Waals surface area contributed by atoms with Gasteiger partial charge in [-0.05, 0) is 0 Å². The summed E-state index contributed by atoms with van der Waals surface area (Å²) < 4.78 is 11.6. The second-order valence-corrected chi connectivity index (χ2v) is 1.55. The first-order valence-corrected chi connectivity index (χ1v) is 2.75. The van der Waals surface area contributed by atoms with E-state index in [2.05, 4.69) is 7.85 Å². The van der Waals surface area contributed by atoms with Gasteiger partial charge in [0.05, 0.1) is 6.07 Å². The molecule has 0 nitrogen and oxygen atoms in total. The van der Waals surface area contributed by atoms with Crippen LogP contribution in [-0.4, -0.2) is 18.3 Å². The number of hydrogen-bond acceptors (Lipinski definition) is 0. The van der Waals surface area contributed by atoms with Gasteiger partial charge in [0.15, 0.2) is 0 Å². The quantitative estimate of drug-likeness (QED) is 0.322. The topological polar surface area (TPSA) is 0 Å². The zero-order valence-corrected chi connectivity index (χ0v) is 4.78. The number of hydrogen-bond donors (Lipinski definition) is 0. The zero-order chi connectivity index (χ0) is 4.28. The molecule has 0 aromatic rings. The summed E-state index contributed by atoms with van der Waals surface area (Å²) in [5, 5.41) is 0. The molecule has 0 rings (SSSR count). The standard InChI is InChI=1S/C2H3BFI/c3-2(4)1-5/h2H,1H2. The third kappa shape index (κ3) is 4.72. The van der Waals surface area contributed by atoms with E-state index in [9.17, 15) is 4.39 Å². The lowest BCUT2D eigenvalue weighted by atomic mass is 10.1. The SMILES string of the molecule is [B]C(F)CI. The second-order valence-electron chi connectivity index (χ2n) is 0.670. The van der Waals surface area contributed by atoms with E-state index in [1.807, 2.05) is 22.6 Å². The average Bonchev–Trinajstić information content (AvgIpc) is 1.38. The van der Waals surface area contributed by atoms with Gasteiger partial charge in [0, 0.05) is 4.43 Å². The van der Waals surface area contributed by atoms with Gasteiger partial charge in [0.25, 0.3) is 0 Å². The Bertz CT molecular complexity index is 23.6. The molecule has 0 aliphatic carbocycles. The fraction of sp³-hybridized carbons (Fsp3) is 1.00. The maximum atomic E-state index is 11.2. The van der Waals surface area contributed by atoms with Crippen LogP contribution in [0.15, 0.2) is 0 Å². The highest BCUT2D eigenvalue weighted by Crippen LogP contribution is 1.87. The molecule has 1 atom stereocenters. The largest absolute Gasteiger partial charge is 0.258 e. The summed E-state index contributed by atoms with van der Waals surface area (Å²) in [4.78, 5) is 0. The van der Waals surface area contributed by atoms with Crippen molar-refractivity contribution in [3.63, 3.8) is 0 Å². The fourth-order valence-corrected chi connectivity index (χ4v) is 0. The van der Waals surface area contributed by atoms with Crippen molar-refractivity contribution in [3.8, 4) is 0 Å². The summed E-state index contributed by atoms with van der Waals surface area (Å²) >= 11 is 1.88. The van der Waals surface area contributed by atoms with Crippen LogP contribution in [0, 0.1) is 0 Å². The minimum Gasteiger partial charge on any atom is -0.258 e. The summed E-state index contributed by atoms with van der Waals surface area (Å²) in [6.07, 6.45) is -1.13. The highest BCUT2D eigenvalue weighted by molar-refractivity contribution is 14.1. The lowest BCUT2D eigenvalue weighted by Crippen LogP contribution is -1.96. The first-order chi connectivity index (χ1) is 2.27. The second kappa shape index (κ2) is 2.94. The maximum Gasteiger partial charge on any atom is 0.117 e. The monoisotopic (exact) mass is 184 g/mol. The van der Waals surface area contributed by atoms with Gasteiger partial charge < -0.3 is 0 Å². The lowest BCUT2D eigenvalue weighted by Gasteiger charge is -1.84. The minimum absolute atomic E-state index is 0.387. The molecule has 0 heterocycles. The van der Waals surface area contributed by atoms with Crippen LogP contribution >= 0.6 is 22.6 Å². The molecule has 0 saturated heterocycles. The first kappa shape index (κ1) is 5.72. The zero-order valence-electron chi connectivity index (χ0n) is 2.62. The van der Waals surface area contributed by atoms with Crippen molar-refractivity contribution < 1.29 is 4.39 Å². The third-order valence-electron chi connectivity index (χ3n) is 0.147. The molecule has 0 N–H and O–H groups in total. The number of halogens is 2. The van der Waals surface area contributed by atoms with Gasteiger partial charge in [-0.1, -0.05) is 22.6 Å². The highest BCUT2D eigenvalue weighted by Gasteiger charge is 1.87. The molecule has 0 saturated carbocycles. The van der Waals surface area contributed by atoms with Crippen LogP contribution in [0.1, 0.15) is 0 Å². The summed E-state index contributed by atoms with van der Waals surface area (Å²) in [5.74, 6) is 0. The van der Waals surface area contributed by atoms with Crippen molar-refractivity contribution in [2.45, 2.75) is 6.07 Å². The Kier molecular flexibility index (Phi) is 3.36. The molecule has 0 bridgehead atoms. The first-order valence-electron chi connectivity index (χ1n) is 1.23. The van der Waals surface area contributed by atoms with E-state index >= 15 is 0 Å². The van der Waals surface area contributed by atoms with Crippen LogP contribution in [0.5, 0.6) is 0 Å². The Hall–Kier alpha value is 0.725. The van der Waals surface area contributed by atoms with Crippen LogP contribution in [0.3, 0.4) is 0 Å². The summed E-state index contributed by atoms with van der Waals surface area (Å²) in [6, 6.07) is 0. The molecule has 0 aromatic carbocycles. The molecule has 5 heavy (non-hydrogen) atoms. The molecular weight excluding hydrogens is 181 g/mol. The summed E-state index contributed by atoms with van der Waals surface area (Å²) in [7, 11) is 4.62. The van der Waals surface area contributed by atoms with Gasteiger partial charge >= 0.3 is 0 Å². The molecule has 28 valence electrons. The normalized spacial score (nSPS) is 14.8. The van der Waals surface area contributed by atoms with Gasteiger partial charge in [-0.2, -0.15) is 0 Å². The molecule has 0 aliphatic heterocycles. The van der Waals surface area contributed by atoms with Crippen molar-refractivity contribution in [1.82, 2.24) is 0 Å². The van der Waals surface area contributed by atoms with Gasteiger partial charge in [0.2, 0.25) is 0 Å². The molecule has 0 aromatic heterocycles. The smallest absolute Gasteiger partial charge is 0.117 e. The molecule has 0 spiro atoms. The summed E-state index contributed by atoms with van der Waals surface area (Å²) in [6.45, 7) is 0. The molecule has 1 unspecified atom stereocenters. The minimum atomic E-state index is -1.13. The Morgan fingerprint density at radius 3 is 2.20 bits per heavy atom. The Morgan fingerprint density at radius 2 is 2.20 bits per heavy atom. The molecule has 0 amide bonds. The van der Waals surface area contributed by atoms with Gasteiger partial charge in [-0.15, -0.1) is 0 Å². The molecular formula is C2H3BFI. The van der Waals surface area contributed by atoms with Crippen LogP contribution < -0.4 is 0 Å². The molecule has 3 heteroatoms. The van der Waals surface area contributed by atoms with Crippen molar-refractivity contribution in [3.05, 3.63) is 0 Å². The van der Waals surface area contributed by atoms with Crippen LogP contribution in [0.2, 0.25) is 0 Å². The van der Waals surface area contributed by atoms with E-state index in [1.165, 1.54) is 0 Å². The fourth-order valence-electron chi connectivity index (χ4n) is 0. The summed E-state index contributed by atoms with van der Waals surface area (Å²) in [5.41, 5.74) is 0. The molecule has 0 aliphatic rings. The van der Waals surface area contributed by atoms with Gasteiger partial charge in [-0.3, -0.25) is 4.39 Å². The highest BCUT2D eigenvalue weighted by atomic mass is 127. The van der Waals surface area contributed by atoms with Crippen molar-refractivity contribution in [2.24, 2.45) is 0 Å².